The lowest BCUT2D eigenvalue weighted by atomic mass is 10.2. The predicted octanol–water partition coefficient (Wildman–Crippen LogP) is 1.26. The lowest BCUT2D eigenvalue weighted by Crippen LogP contribution is -2.18. The summed E-state index contributed by atoms with van der Waals surface area (Å²) in [6.45, 7) is 2.03. The Morgan fingerprint density at radius 2 is 1.38 bits per heavy atom. The average molecular weight is 447 g/mol. The highest BCUT2D eigenvalue weighted by Gasteiger charge is 1.97. The van der Waals surface area contributed by atoms with E-state index < -0.39 is 32.5 Å². The molecule has 0 radical (unpaired) electrons. The number of sulfonamides is 1. The van der Waals surface area contributed by atoms with Gasteiger partial charge in [0.25, 0.3) is 0 Å². The average Bonchev–Trinajstić information content (AvgIpc) is 2.66. The minimum atomic E-state index is -4.15. The van der Waals surface area contributed by atoms with Crippen molar-refractivity contribution in [2.75, 3.05) is 24.7 Å². The highest BCUT2D eigenvalue weighted by Crippen LogP contribution is 2.00. The summed E-state index contributed by atoms with van der Waals surface area (Å²) in [5.74, 6) is -0.827. The van der Waals surface area contributed by atoms with Crippen LogP contribution >= 0.6 is 0 Å². The maximum atomic E-state index is 10.2. The molecule has 29 heavy (non-hydrogen) atoms. The number of aliphatic hydroxyl groups is 1. The van der Waals surface area contributed by atoms with Gasteiger partial charge in [0.15, 0.2) is 0 Å². The fourth-order valence-electron chi connectivity index (χ4n) is 1.77. The lowest BCUT2D eigenvalue weighted by Gasteiger charge is -2.07. The normalized spacial score (nSPS) is 10.9. The molecule has 0 aliphatic heterocycles. The van der Waals surface area contributed by atoms with Crippen LogP contribution in [-0.4, -0.2) is 51.2 Å². The molecule has 0 spiro atoms. The minimum Gasteiger partial charge on any atom is -0.748 e. The largest absolute Gasteiger partial charge is 0.748 e. The first-order chi connectivity index (χ1) is 13.6. The quantitative estimate of drug-likeness (QED) is 0.458. The van der Waals surface area contributed by atoms with E-state index in [1.165, 1.54) is 5.56 Å². The molecule has 0 atom stereocenters. The third-order valence-corrected chi connectivity index (χ3v) is 4.63. The minimum absolute atomic E-state index is 0.0548. The van der Waals surface area contributed by atoms with Crippen molar-refractivity contribution in [1.29, 1.82) is 0 Å². The molecular weight excluding hydrogens is 418 g/mol. The molecule has 0 amide bonds. The van der Waals surface area contributed by atoms with Gasteiger partial charge in [0.05, 0.1) is 41.4 Å². The van der Waals surface area contributed by atoms with E-state index in [1.807, 2.05) is 36.4 Å². The smallest absolute Gasteiger partial charge is 0.211 e. The molecule has 0 unspecified atom stereocenters. The highest BCUT2D eigenvalue weighted by atomic mass is 32.2. The van der Waals surface area contributed by atoms with Gasteiger partial charge in [-0.3, -0.25) is 0 Å². The molecule has 0 saturated heterocycles. The van der Waals surface area contributed by atoms with Crippen LogP contribution in [0.25, 0.3) is 0 Å². The van der Waals surface area contributed by atoms with Crippen LogP contribution in [0, 0.1) is 0 Å². The molecule has 0 aliphatic rings. The molecule has 2 aromatic carbocycles. The highest BCUT2D eigenvalue weighted by molar-refractivity contribution is 7.89. The third kappa shape index (κ3) is 19.3. The van der Waals surface area contributed by atoms with Gasteiger partial charge in [-0.2, -0.15) is 0 Å². The molecular formula is C19H28NO7S2-. The van der Waals surface area contributed by atoms with Crippen LogP contribution in [0.1, 0.15) is 18.1 Å². The van der Waals surface area contributed by atoms with E-state index >= 15 is 0 Å². The number of aryl methyl sites for hydroxylation is 1. The summed E-state index contributed by atoms with van der Waals surface area (Å²) >= 11 is 0. The number of benzene rings is 2. The van der Waals surface area contributed by atoms with Gasteiger partial charge >= 0.3 is 0 Å². The van der Waals surface area contributed by atoms with E-state index in [1.54, 1.807) is 0 Å². The van der Waals surface area contributed by atoms with Crippen molar-refractivity contribution in [1.82, 2.24) is 0 Å². The van der Waals surface area contributed by atoms with Gasteiger partial charge in [-0.15, -0.1) is 0 Å². The first-order valence-electron chi connectivity index (χ1n) is 8.78. The Kier molecular flexibility index (Phi) is 14.1. The monoisotopic (exact) mass is 446 g/mol. The van der Waals surface area contributed by atoms with Crippen molar-refractivity contribution in [2.45, 2.75) is 20.0 Å². The second kappa shape index (κ2) is 15.1. The van der Waals surface area contributed by atoms with Crippen LogP contribution < -0.4 is 5.14 Å². The van der Waals surface area contributed by atoms with Crippen molar-refractivity contribution in [2.24, 2.45) is 5.14 Å². The van der Waals surface area contributed by atoms with Crippen molar-refractivity contribution in [3.8, 4) is 0 Å². The summed E-state index contributed by atoms with van der Waals surface area (Å²) in [5.41, 5.74) is 2.36. The van der Waals surface area contributed by atoms with Gasteiger partial charge in [-0.25, -0.2) is 22.0 Å². The summed E-state index contributed by atoms with van der Waals surface area (Å²) in [5, 5.41) is 12.4. The molecule has 0 aliphatic carbocycles. The van der Waals surface area contributed by atoms with Crippen molar-refractivity contribution in [3.63, 3.8) is 0 Å². The zero-order chi connectivity index (χ0) is 22.2. The predicted molar refractivity (Wildman–Crippen MR) is 112 cm³/mol. The fourth-order valence-corrected chi connectivity index (χ4v) is 2.34. The standard InChI is InChI=1S/C9H12O4S.C8H10.C2H7NO3S/c10-14(11,12)7-6-13-8-9-4-2-1-3-5-9;1-2-8-6-4-3-5-7-8;3-7(5,6)2-1-4/h1-5H,6-8H2,(H,10,11,12);3-7H,2H2,1H3;4H,1-2H2,(H2,3,5,6)/p-1. The molecule has 164 valence electrons. The van der Waals surface area contributed by atoms with Crippen molar-refractivity contribution >= 4 is 20.1 Å². The zero-order valence-electron chi connectivity index (χ0n) is 16.3. The van der Waals surface area contributed by atoms with Crippen molar-refractivity contribution < 1.29 is 31.2 Å². The Labute approximate surface area is 173 Å². The molecule has 2 aromatic rings. The number of primary sulfonamides is 1. The van der Waals surface area contributed by atoms with Gasteiger partial charge in [0.2, 0.25) is 10.0 Å². The van der Waals surface area contributed by atoms with Gasteiger partial charge in [0.1, 0.15) is 0 Å². The molecule has 8 nitrogen and oxygen atoms in total. The first kappa shape index (κ1) is 27.2. The van der Waals surface area contributed by atoms with E-state index in [2.05, 4.69) is 36.3 Å². The molecule has 0 saturated carbocycles. The van der Waals surface area contributed by atoms with Crippen LogP contribution in [0.15, 0.2) is 60.7 Å². The second-order valence-corrected chi connectivity index (χ2v) is 8.99. The number of rotatable bonds is 8. The molecule has 0 aromatic heterocycles. The van der Waals surface area contributed by atoms with Crippen LogP contribution in [0.4, 0.5) is 0 Å². The maximum Gasteiger partial charge on any atom is 0.211 e. The van der Waals surface area contributed by atoms with Crippen LogP contribution in [0.2, 0.25) is 0 Å². The number of aliphatic hydroxyl groups excluding tert-OH is 1. The van der Waals surface area contributed by atoms with E-state index in [0.29, 0.717) is 6.61 Å². The van der Waals surface area contributed by atoms with E-state index in [9.17, 15) is 21.4 Å². The van der Waals surface area contributed by atoms with Crippen LogP contribution in [0.3, 0.4) is 0 Å². The summed E-state index contributed by atoms with van der Waals surface area (Å²) in [7, 11) is -7.58. The van der Waals surface area contributed by atoms with Gasteiger partial charge in [-0.1, -0.05) is 67.6 Å². The molecule has 0 bridgehead atoms. The Morgan fingerprint density at radius 3 is 1.69 bits per heavy atom. The Bertz CT molecular complexity index is 856. The zero-order valence-corrected chi connectivity index (χ0v) is 17.9. The van der Waals surface area contributed by atoms with E-state index in [0.717, 1.165) is 12.0 Å². The van der Waals surface area contributed by atoms with Crippen LogP contribution in [-0.2, 0) is 37.9 Å². The first-order valence-corrected chi connectivity index (χ1v) is 12.1. The number of hydrogen-bond acceptors (Lipinski definition) is 7. The maximum absolute atomic E-state index is 10.2. The van der Waals surface area contributed by atoms with Gasteiger partial charge in [-0.05, 0) is 17.5 Å². The Balaban J connectivity index is 0.000000444. The number of nitrogens with two attached hydrogens (primary N) is 1. The summed E-state index contributed by atoms with van der Waals surface area (Å²) < 4.78 is 55.3. The molecule has 0 fully saturated rings. The molecule has 0 heterocycles. The number of hydrogen-bond donors (Lipinski definition) is 2. The van der Waals surface area contributed by atoms with Crippen LogP contribution in [0.5, 0.6) is 0 Å². The molecule has 3 N–H and O–H groups in total. The van der Waals surface area contributed by atoms with Gasteiger partial charge in [0, 0.05) is 0 Å². The molecule has 10 heteroatoms. The molecule has 2 rings (SSSR count). The Morgan fingerprint density at radius 1 is 0.897 bits per heavy atom. The Hall–Kier alpha value is -1.82. The van der Waals surface area contributed by atoms with Crippen molar-refractivity contribution in [3.05, 3.63) is 71.8 Å². The third-order valence-electron chi connectivity index (χ3n) is 3.22. The number of ether oxygens (including phenoxy) is 1. The SMILES string of the molecule is CCc1ccccc1.NS(=O)(=O)CCO.O=S(=O)([O-])CCOCc1ccccc1. The van der Waals surface area contributed by atoms with E-state index in [-0.39, 0.29) is 12.4 Å². The fraction of sp³-hybridized carbons (Fsp3) is 0.368. The van der Waals surface area contributed by atoms with E-state index in [4.69, 9.17) is 9.84 Å². The summed E-state index contributed by atoms with van der Waals surface area (Å²) in [4.78, 5) is 0. The van der Waals surface area contributed by atoms with Gasteiger partial charge < -0.3 is 14.4 Å². The summed E-state index contributed by atoms with van der Waals surface area (Å²) in [6.07, 6.45) is 1.14. The second-order valence-electron chi connectivity index (χ2n) is 5.73. The summed E-state index contributed by atoms with van der Waals surface area (Å²) in [6, 6.07) is 19.8. The topological polar surface area (TPSA) is 147 Å². The lowest BCUT2D eigenvalue weighted by molar-refractivity contribution is 0.134.